The van der Waals surface area contributed by atoms with Gasteiger partial charge in [0.05, 0.1) is 17.5 Å². The van der Waals surface area contributed by atoms with Crippen molar-refractivity contribution in [2.45, 2.75) is 51.8 Å². The molecule has 11 nitrogen and oxygen atoms in total. The fourth-order valence-corrected chi connectivity index (χ4v) is 6.71. The predicted molar refractivity (Wildman–Crippen MR) is 147 cm³/mol. The van der Waals surface area contributed by atoms with Gasteiger partial charge in [0.2, 0.25) is 5.91 Å². The molecular weight excluding hydrogens is 516 g/mol. The van der Waals surface area contributed by atoms with Crippen molar-refractivity contribution in [2.75, 3.05) is 39.6 Å². The van der Waals surface area contributed by atoms with Crippen molar-refractivity contribution in [3.05, 3.63) is 22.8 Å². The number of phenols is 1. The summed E-state index contributed by atoms with van der Waals surface area (Å²) in [6.45, 7) is 5.11. The van der Waals surface area contributed by atoms with Crippen LogP contribution in [0.2, 0.25) is 0 Å². The maximum Gasteiger partial charge on any atom is 0.235 e. The number of Topliss-reactive ketones (excluding diaryl/α,β-unsaturated/α-hetero) is 4. The van der Waals surface area contributed by atoms with E-state index in [0.717, 1.165) is 0 Å². The number of phenolic OH excluding ortho intramolecular Hbond substituents is 1. The Kier molecular flexibility index (Phi) is 7.12. The summed E-state index contributed by atoms with van der Waals surface area (Å²) in [5, 5.41) is 26.1. The zero-order chi connectivity index (χ0) is 30.9. The van der Waals surface area contributed by atoms with Crippen LogP contribution in [0.15, 0.2) is 6.07 Å². The van der Waals surface area contributed by atoms with Crippen LogP contribution in [-0.2, 0) is 32.1 Å². The molecule has 40 heavy (non-hydrogen) atoms. The maximum atomic E-state index is 14.1. The monoisotopic (exact) mass is 557 g/mol. The Morgan fingerprint density at radius 3 is 2.33 bits per heavy atom. The molecule has 3 unspecified atom stereocenters. The largest absolute Gasteiger partial charge is 0.507 e. The van der Waals surface area contributed by atoms with E-state index in [4.69, 9.17) is 7.10 Å². The number of fused-ring (bicyclic) bond motifs is 3. The van der Waals surface area contributed by atoms with E-state index in [0.29, 0.717) is 16.8 Å². The van der Waals surface area contributed by atoms with E-state index in [9.17, 15) is 34.2 Å². The summed E-state index contributed by atoms with van der Waals surface area (Å²) in [4.78, 5) is 70.2. The number of benzene rings is 1. The number of carbonyl (C=O) groups is 5. The number of anilines is 1. The molecule has 0 aromatic heterocycles. The lowest BCUT2D eigenvalue weighted by molar-refractivity contribution is -0.181. The van der Waals surface area contributed by atoms with E-state index < -0.39 is 76.3 Å². The molecule has 1 amide bonds. The van der Waals surface area contributed by atoms with Gasteiger partial charge in [-0.05, 0) is 49.9 Å². The molecule has 1 aromatic rings. The smallest absolute Gasteiger partial charge is 0.235 e. The third kappa shape index (κ3) is 4.53. The van der Waals surface area contributed by atoms with E-state index in [-0.39, 0.29) is 30.7 Å². The number of nitrogens with one attached hydrogen (secondary N) is 1. The summed E-state index contributed by atoms with van der Waals surface area (Å²) in [6, 6.07) is 0.603. The normalized spacial score (nSPS) is 31.3. The fraction of sp³-hybridized carbons (Fsp3) is 0.621. The number of rotatable bonds is 6. The first-order chi connectivity index (χ1) is 18.8. The lowest BCUT2D eigenvalue weighted by Gasteiger charge is -2.52. The van der Waals surface area contributed by atoms with Crippen LogP contribution in [0.5, 0.6) is 5.75 Å². The molecule has 11 heteroatoms. The second-order valence-electron chi connectivity index (χ2n) is 12.8. The molecule has 0 radical (unpaired) electrons. The highest BCUT2D eigenvalue weighted by atomic mass is 16.3. The first-order valence-corrected chi connectivity index (χ1v) is 13.4. The van der Waals surface area contributed by atoms with Crippen LogP contribution in [0.1, 0.15) is 50.0 Å². The van der Waals surface area contributed by atoms with Crippen molar-refractivity contribution in [3.8, 4) is 5.75 Å². The highest BCUT2D eigenvalue weighted by Crippen LogP contribution is 2.52. The number of carbonyl (C=O) groups excluding carboxylic acids is 5. The van der Waals surface area contributed by atoms with Crippen molar-refractivity contribution in [1.29, 1.82) is 0 Å². The van der Waals surface area contributed by atoms with Crippen LogP contribution < -0.4 is 16.0 Å². The van der Waals surface area contributed by atoms with Gasteiger partial charge in [0.1, 0.15) is 5.75 Å². The van der Waals surface area contributed by atoms with Gasteiger partial charge in [-0.1, -0.05) is 20.8 Å². The minimum Gasteiger partial charge on any atom is -0.507 e. The van der Waals surface area contributed by atoms with Crippen LogP contribution in [0, 0.1) is 29.1 Å². The standard InChI is InChI=1S/C29H40N4O7/c1-28(2,3)12-31-11-14-10-17(32(4)5)15-8-13-9-16-21(33(6)7)24(36)20(27(30)39)26(38)29(16,40)25(37)18(13)23(35)19(15)22(14)34/h10,13,16,18,20-21,31,34,40H,8-9,11-12H2,1-7H3,(H2,30,39)/t13-,16-,18?,20?,21-,29-/m0/s1/i12D/t12?,13-,16-,18?,20?,21-,29-. The quantitative estimate of drug-likeness (QED) is 0.351. The Bertz CT molecular complexity index is 1340. The SMILES string of the molecule is [2H]C(NCc1cc(N(C)C)c2c(c1O)C(=O)C1C(=O)[C@]3(O)C(=O)C(C(N)=O)C(=O)[C@@H](N(C)C)[C@@H]3C[C@@H]1C2)C(C)(C)C. The molecule has 0 heterocycles. The number of ketones is 4. The Hall–Kier alpha value is -3.15. The molecular formula is C29H40N4O7. The van der Waals surface area contributed by atoms with Crippen LogP contribution >= 0.6 is 0 Å². The number of likely N-dealkylation sites (N-methyl/N-ethyl adjacent to an activating group) is 1. The maximum absolute atomic E-state index is 14.1. The van der Waals surface area contributed by atoms with Crippen LogP contribution in [0.25, 0.3) is 0 Å². The summed E-state index contributed by atoms with van der Waals surface area (Å²) in [5.74, 6) is -10.7. The number of hydrogen-bond donors (Lipinski definition) is 4. The lowest BCUT2D eigenvalue weighted by Crippen LogP contribution is -2.74. The average Bonchev–Trinajstić information content (AvgIpc) is 2.84. The number of hydrogen-bond acceptors (Lipinski definition) is 10. The van der Waals surface area contributed by atoms with Crippen LogP contribution in [0.4, 0.5) is 5.69 Å². The van der Waals surface area contributed by atoms with Crippen molar-refractivity contribution in [3.63, 3.8) is 0 Å². The third-order valence-electron chi connectivity index (χ3n) is 8.43. The van der Waals surface area contributed by atoms with Crippen LogP contribution in [-0.4, -0.2) is 90.5 Å². The number of aromatic hydroxyl groups is 1. The van der Waals surface area contributed by atoms with Crippen molar-refractivity contribution < 1.29 is 35.6 Å². The molecule has 218 valence electrons. The number of primary amides is 1. The van der Waals surface area contributed by atoms with Gasteiger partial charge in [-0.3, -0.25) is 28.9 Å². The van der Waals surface area contributed by atoms with Gasteiger partial charge in [-0.15, -0.1) is 0 Å². The van der Waals surface area contributed by atoms with Gasteiger partial charge in [0.25, 0.3) is 0 Å². The molecule has 2 saturated carbocycles. The van der Waals surface area contributed by atoms with E-state index in [2.05, 4.69) is 5.32 Å². The van der Waals surface area contributed by atoms with Gasteiger partial charge in [0, 0.05) is 45.7 Å². The van der Waals surface area contributed by atoms with Gasteiger partial charge in [-0.2, -0.15) is 0 Å². The van der Waals surface area contributed by atoms with Crippen LogP contribution in [0.3, 0.4) is 0 Å². The molecule has 1 aromatic carbocycles. The fourth-order valence-electron chi connectivity index (χ4n) is 6.71. The van der Waals surface area contributed by atoms with Gasteiger partial charge >= 0.3 is 0 Å². The van der Waals surface area contributed by atoms with Gasteiger partial charge in [0.15, 0.2) is 34.7 Å². The Balaban J connectivity index is 1.83. The lowest BCUT2D eigenvalue weighted by atomic mass is 9.52. The van der Waals surface area contributed by atoms with E-state index in [1.165, 1.54) is 4.90 Å². The zero-order valence-electron chi connectivity index (χ0n) is 25.1. The predicted octanol–water partition coefficient (Wildman–Crippen LogP) is 0.0687. The molecule has 2 fully saturated rings. The van der Waals surface area contributed by atoms with E-state index in [1.807, 2.05) is 20.8 Å². The Labute approximate surface area is 235 Å². The molecule has 5 N–H and O–H groups in total. The highest BCUT2D eigenvalue weighted by Gasteiger charge is 2.69. The molecule has 0 saturated heterocycles. The topological polar surface area (TPSA) is 170 Å². The molecule has 0 aliphatic heterocycles. The molecule has 0 spiro atoms. The van der Waals surface area contributed by atoms with Crippen molar-refractivity contribution >= 4 is 34.7 Å². The molecule has 7 atom stereocenters. The Morgan fingerprint density at radius 1 is 1.18 bits per heavy atom. The van der Waals surface area contributed by atoms with Gasteiger partial charge in [-0.25, -0.2) is 0 Å². The average molecular weight is 558 g/mol. The summed E-state index contributed by atoms with van der Waals surface area (Å²) >= 11 is 0. The second kappa shape index (κ2) is 10.0. The molecule has 0 bridgehead atoms. The summed E-state index contributed by atoms with van der Waals surface area (Å²) in [6.07, 6.45) is 0.177. The van der Waals surface area contributed by atoms with Crippen molar-refractivity contribution in [1.82, 2.24) is 10.2 Å². The summed E-state index contributed by atoms with van der Waals surface area (Å²) < 4.78 is 8.36. The number of amides is 1. The summed E-state index contributed by atoms with van der Waals surface area (Å²) in [7, 11) is 6.68. The number of nitrogens with two attached hydrogens (primary N) is 1. The molecule has 3 aliphatic rings. The first kappa shape index (κ1) is 28.4. The third-order valence-corrected chi connectivity index (χ3v) is 8.43. The minimum atomic E-state index is -2.76. The summed E-state index contributed by atoms with van der Waals surface area (Å²) in [5.41, 5.74) is 3.71. The minimum absolute atomic E-state index is 0.00701. The molecule has 3 aliphatic carbocycles. The number of nitrogens with zero attached hydrogens (tertiary/aromatic N) is 2. The van der Waals surface area contributed by atoms with E-state index in [1.54, 1.807) is 39.2 Å². The van der Waals surface area contributed by atoms with Crippen molar-refractivity contribution in [2.24, 2.45) is 34.8 Å². The Morgan fingerprint density at radius 2 is 1.80 bits per heavy atom. The van der Waals surface area contributed by atoms with E-state index >= 15 is 0 Å². The zero-order valence-corrected chi connectivity index (χ0v) is 24.1. The van der Waals surface area contributed by atoms with Gasteiger partial charge < -0.3 is 26.2 Å². The first-order valence-electron chi connectivity index (χ1n) is 14.0. The molecule has 4 rings (SSSR count). The highest BCUT2D eigenvalue weighted by molar-refractivity contribution is 6.32. The number of aliphatic hydroxyl groups is 1. The second-order valence-corrected chi connectivity index (χ2v) is 12.8.